The molecule has 0 unspecified atom stereocenters. The Balaban J connectivity index is 1.79. The van der Waals surface area contributed by atoms with Gasteiger partial charge < -0.3 is 5.32 Å². The summed E-state index contributed by atoms with van der Waals surface area (Å²) in [6.45, 7) is 5.68. The van der Waals surface area contributed by atoms with Gasteiger partial charge in [0.05, 0.1) is 11.8 Å². The van der Waals surface area contributed by atoms with Gasteiger partial charge in [-0.15, -0.1) is 0 Å². The van der Waals surface area contributed by atoms with Gasteiger partial charge in [-0.1, -0.05) is 19.8 Å². The molecule has 2 fully saturated rings. The van der Waals surface area contributed by atoms with Crippen molar-refractivity contribution in [2.45, 2.75) is 64.5 Å². The fourth-order valence-corrected chi connectivity index (χ4v) is 4.83. The average molecular weight is 346 g/mol. The number of primary sulfonamides is 1. The number of hydrogen-bond acceptors (Lipinski definition) is 4. The van der Waals surface area contributed by atoms with Crippen LogP contribution in [0.1, 0.15) is 52.4 Å². The van der Waals surface area contributed by atoms with Crippen LogP contribution in [0.25, 0.3) is 0 Å². The summed E-state index contributed by atoms with van der Waals surface area (Å²) in [6, 6.07) is 0.151. The van der Waals surface area contributed by atoms with E-state index in [2.05, 4.69) is 17.1 Å². The van der Waals surface area contributed by atoms with E-state index < -0.39 is 10.0 Å². The molecule has 1 saturated carbocycles. The van der Waals surface area contributed by atoms with Crippen molar-refractivity contribution in [2.24, 2.45) is 17.0 Å². The second kappa shape index (κ2) is 7.94. The molecule has 2 rings (SSSR count). The van der Waals surface area contributed by atoms with Crippen molar-refractivity contribution in [3.63, 3.8) is 0 Å². The van der Waals surface area contributed by atoms with E-state index in [0.29, 0.717) is 12.0 Å². The van der Waals surface area contributed by atoms with Crippen LogP contribution in [0.4, 0.5) is 0 Å². The quantitative estimate of drug-likeness (QED) is 0.779. The predicted molar refractivity (Wildman–Crippen MR) is 91.3 cm³/mol. The van der Waals surface area contributed by atoms with E-state index in [1.165, 1.54) is 19.3 Å². The molecule has 2 aliphatic rings. The lowest BCUT2D eigenvalue weighted by Crippen LogP contribution is -2.52. The number of nitrogens with zero attached hydrogens (tertiary/aromatic N) is 1. The zero-order chi connectivity index (χ0) is 17.0. The standard InChI is InChI=1S/C16H31N3O3S/c1-12-5-3-4-6-15(12)18-16(20)13(2)19-9-7-14(8-10-19)11-23(17,21)22/h12-15H,3-11H2,1-2H3,(H,18,20)(H2,17,21,22)/t12-,13+,15+/m1/s1. The van der Waals surface area contributed by atoms with Crippen molar-refractivity contribution in [1.29, 1.82) is 0 Å². The van der Waals surface area contributed by atoms with Gasteiger partial charge in [0.2, 0.25) is 15.9 Å². The monoisotopic (exact) mass is 345 g/mol. The molecule has 23 heavy (non-hydrogen) atoms. The molecular weight excluding hydrogens is 314 g/mol. The van der Waals surface area contributed by atoms with E-state index in [4.69, 9.17) is 5.14 Å². The molecule has 134 valence electrons. The van der Waals surface area contributed by atoms with Gasteiger partial charge in [0.1, 0.15) is 0 Å². The van der Waals surface area contributed by atoms with E-state index in [0.717, 1.165) is 32.4 Å². The lowest BCUT2D eigenvalue weighted by atomic mass is 9.86. The van der Waals surface area contributed by atoms with Crippen LogP contribution >= 0.6 is 0 Å². The van der Waals surface area contributed by atoms with Crippen LogP contribution < -0.4 is 10.5 Å². The molecule has 0 aromatic heterocycles. The fourth-order valence-electron chi connectivity index (χ4n) is 3.84. The van der Waals surface area contributed by atoms with Gasteiger partial charge >= 0.3 is 0 Å². The summed E-state index contributed by atoms with van der Waals surface area (Å²) in [4.78, 5) is 14.7. The van der Waals surface area contributed by atoms with Crippen LogP contribution in [-0.2, 0) is 14.8 Å². The van der Waals surface area contributed by atoms with Gasteiger partial charge in [-0.3, -0.25) is 9.69 Å². The Bertz CT molecular complexity index is 501. The third-order valence-corrected chi connectivity index (χ3v) is 6.42. The van der Waals surface area contributed by atoms with Crippen LogP contribution in [-0.4, -0.2) is 50.2 Å². The smallest absolute Gasteiger partial charge is 0.237 e. The Morgan fingerprint density at radius 1 is 1.22 bits per heavy atom. The highest BCUT2D eigenvalue weighted by atomic mass is 32.2. The van der Waals surface area contributed by atoms with Gasteiger partial charge in [-0.25, -0.2) is 13.6 Å². The second-order valence-electron chi connectivity index (χ2n) is 7.36. The first-order valence-electron chi connectivity index (χ1n) is 8.81. The molecule has 6 nitrogen and oxygen atoms in total. The van der Waals surface area contributed by atoms with Gasteiger partial charge in [-0.2, -0.15) is 0 Å². The molecule has 1 saturated heterocycles. The number of piperidine rings is 1. The number of rotatable bonds is 5. The summed E-state index contributed by atoms with van der Waals surface area (Å²) in [6.07, 6.45) is 6.30. The molecular formula is C16H31N3O3S. The van der Waals surface area contributed by atoms with Crippen molar-refractivity contribution in [3.8, 4) is 0 Å². The first-order valence-corrected chi connectivity index (χ1v) is 10.5. The number of hydrogen-bond donors (Lipinski definition) is 2. The Morgan fingerprint density at radius 2 is 1.83 bits per heavy atom. The number of carbonyl (C=O) groups is 1. The summed E-state index contributed by atoms with van der Waals surface area (Å²) in [5, 5.41) is 8.34. The number of nitrogens with two attached hydrogens (primary N) is 1. The topological polar surface area (TPSA) is 92.5 Å². The molecule has 0 spiro atoms. The van der Waals surface area contributed by atoms with E-state index in [1.807, 2.05) is 6.92 Å². The van der Waals surface area contributed by atoms with Crippen LogP contribution in [0, 0.1) is 11.8 Å². The lowest BCUT2D eigenvalue weighted by Gasteiger charge is -2.37. The fraction of sp³-hybridized carbons (Fsp3) is 0.938. The highest BCUT2D eigenvalue weighted by Crippen LogP contribution is 2.24. The SMILES string of the molecule is C[C@@H]1CCCC[C@@H]1NC(=O)[C@H](C)N1CCC(CS(N)(=O)=O)CC1. The van der Waals surface area contributed by atoms with Gasteiger partial charge in [-0.05, 0) is 57.5 Å². The maximum atomic E-state index is 12.5. The van der Waals surface area contributed by atoms with E-state index in [-0.39, 0.29) is 23.6 Å². The minimum Gasteiger partial charge on any atom is -0.352 e. The third-order valence-electron chi connectivity index (χ3n) is 5.48. The van der Waals surface area contributed by atoms with Crippen molar-refractivity contribution in [2.75, 3.05) is 18.8 Å². The van der Waals surface area contributed by atoms with Crippen LogP contribution in [0.15, 0.2) is 0 Å². The Hall–Kier alpha value is -0.660. The molecule has 1 heterocycles. The number of sulfonamides is 1. The zero-order valence-corrected chi connectivity index (χ0v) is 15.1. The zero-order valence-electron chi connectivity index (χ0n) is 14.3. The molecule has 3 N–H and O–H groups in total. The summed E-state index contributed by atoms with van der Waals surface area (Å²) in [5.74, 6) is 0.838. The number of carbonyl (C=O) groups excluding carboxylic acids is 1. The number of nitrogens with one attached hydrogen (secondary N) is 1. The summed E-state index contributed by atoms with van der Waals surface area (Å²) < 4.78 is 22.4. The Labute approximate surface area is 140 Å². The van der Waals surface area contributed by atoms with Crippen molar-refractivity contribution in [3.05, 3.63) is 0 Å². The van der Waals surface area contributed by atoms with Crippen LogP contribution in [0.5, 0.6) is 0 Å². The molecule has 1 amide bonds. The largest absolute Gasteiger partial charge is 0.352 e. The predicted octanol–water partition coefficient (Wildman–Crippen LogP) is 1.07. The van der Waals surface area contributed by atoms with Crippen molar-refractivity contribution in [1.82, 2.24) is 10.2 Å². The van der Waals surface area contributed by atoms with Gasteiger partial charge in [0.15, 0.2) is 0 Å². The minimum absolute atomic E-state index is 0.0566. The maximum Gasteiger partial charge on any atom is 0.237 e. The Morgan fingerprint density at radius 3 is 2.39 bits per heavy atom. The lowest BCUT2D eigenvalue weighted by molar-refractivity contribution is -0.127. The third kappa shape index (κ3) is 5.72. The average Bonchev–Trinajstić information content (AvgIpc) is 2.48. The summed E-state index contributed by atoms with van der Waals surface area (Å²) >= 11 is 0. The first kappa shape index (κ1) is 18.7. The maximum absolute atomic E-state index is 12.5. The molecule has 0 aromatic carbocycles. The molecule has 0 radical (unpaired) electrons. The number of likely N-dealkylation sites (tertiary alicyclic amines) is 1. The molecule has 1 aliphatic heterocycles. The summed E-state index contributed by atoms with van der Waals surface area (Å²) in [7, 11) is -3.40. The molecule has 0 aromatic rings. The first-order chi connectivity index (χ1) is 10.8. The highest BCUT2D eigenvalue weighted by molar-refractivity contribution is 7.89. The van der Waals surface area contributed by atoms with Crippen LogP contribution in [0.2, 0.25) is 0 Å². The normalized spacial score (nSPS) is 29.2. The van der Waals surface area contributed by atoms with Gasteiger partial charge in [0, 0.05) is 6.04 Å². The van der Waals surface area contributed by atoms with Crippen molar-refractivity contribution >= 4 is 15.9 Å². The van der Waals surface area contributed by atoms with E-state index in [9.17, 15) is 13.2 Å². The molecule has 0 bridgehead atoms. The highest BCUT2D eigenvalue weighted by Gasteiger charge is 2.30. The molecule has 7 heteroatoms. The van der Waals surface area contributed by atoms with Crippen LogP contribution in [0.3, 0.4) is 0 Å². The Kier molecular flexibility index (Phi) is 6.45. The van der Waals surface area contributed by atoms with E-state index >= 15 is 0 Å². The second-order valence-corrected chi connectivity index (χ2v) is 9.02. The van der Waals surface area contributed by atoms with Gasteiger partial charge in [0.25, 0.3) is 0 Å². The minimum atomic E-state index is -3.40. The summed E-state index contributed by atoms with van der Waals surface area (Å²) in [5.41, 5.74) is 0. The van der Waals surface area contributed by atoms with Crippen molar-refractivity contribution < 1.29 is 13.2 Å². The molecule has 3 atom stereocenters. The number of amides is 1. The molecule has 1 aliphatic carbocycles. The van der Waals surface area contributed by atoms with E-state index in [1.54, 1.807) is 0 Å².